The molecule has 2 fully saturated rings. The Labute approximate surface area is 151 Å². The molecule has 1 aromatic carbocycles. The number of ether oxygens (including phenoxy) is 3. The molecule has 1 heterocycles. The zero-order chi connectivity index (χ0) is 18.8. The maximum absolute atomic E-state index is 12.4. The highest BCUT2D eigenvalue weighted by molar-refractivity contribution is 5.97. The quantitative estimate of drug-likeness (QED) is 0.528. The monoisotopic (exact) mass is 365 g/mol. The molecule has 0 unspecified atom stereocenters. The Bertz CT molecular complexity index is 675. The molecule has 2 aliphatic rings. The van der Waals surface area contributed by atoms with Gasteiger partial charge in [-0.15, -0.1) is 0 Å². The van der Waals surface area contributed by atoms with Crippen LogP contribution >= 0.6 is 0 Å². The average molecular weight is 365 g/mol. The van der Waals surface area contributed by atoms with Crippen molar-refractivity contribution in [2.45, 2.75) is 43.5 Å². The van der Waals surface area contributed by atoms with Gasteiger partial charge in [0, 0.05) is 5.57 Å². The minimum Gasteiger partial charge on any atom is -0.497 e. The number of nitrogens with one attached hydrogen (secondary N) is 1. The molecule has 0 radical (unpaired) electrons. The Morgan fingerprint density at radius 1 is 1.12 bits per heavy atom. The number of methoxy groups -OCH3 is 1. The maximum Gasteiger partial charge on any atom is 0.247 e. The molecule has 1 saturated heterocycles. The van der Waals surface area contributed by atoms with E-state index in [9.17, 15) is 20.1 Å². The number of benzene rings is 1. The second-order valence-corrected chi connectivity index (χ2v) is 6.45. The molecule has 142 valence electrons. The molecular weight excluding hydrogens is 342 g/mol. The third kappa shape index (κ3) is 3.60. The summed E-state index contributed by atoms with van der Waals surface area (Å²) in [4.78, 5) is 12.4. The Morgan fingerprint density at radius 3 is 2.35 bits per heavy atom. The number of hydrogen-bond acceptors (Lipinski definition) is 7. The smallest absolute Gasteiger partial charge is 0.247 e. The lowest BCUT2D eigenvalue weighted by Crippen LogP contribution is -2.67. The van der Waals surface area contributed by atoms with E-state index in [-0.39, 0.29) is 6.79 Å². The molecule has 1 aliphatic heterocycles. The van der Waals surface area contributed by atoms with Gasteiger partial charge in [0.1, 0.15) is 43.1 Å². The third-order valence-electron chi connectivity index (χ3n) is 4.76. The molecule has 0 bridgehead atoms. The van der Waals surface area contributed by atoms with Gasteiger partial charge in [0.05, 0.1) is 13.2 Å². The van der Waals surface area contributed by atoms with E-state index in [0.717, 1.165) is 5.56 Å². The molecule has 1 aromatic rings. The van der Waals surface area contributed by atoms with Crippen LogP contribution in [0.5, 0.6) is 5.75 Å². The average Bonchev–Trinajstić information content (AvgIpc) is 3.14. The van der Waals surface area contributed by atoms with Gasteiger partial charge in [-0.1, -0.05) is 12.1 Å². The standard InChI is InChI=1S/C18H23NO7/c1-9(7-10-3-5-11(24-2)6-4-10)18(23)19-12-13(20)15(22)17-16(14(12)21)25-8-26-17/h3-7,12-17,20-22H,8H2,1-2H3,(H,19,23)/b9-7+/t12-,13+,14-,15-,16+,17-/m1/s1. The van der Waals surface area contributed by atoms with E-state index in [1.165, 1.54) is 0 Å². The Balaban J connectivity index is 1.70. The second-order valence-electron chi connectivity index (χ2n) is 6.45. The number of carbonyl (C=O) groups excluding carboxylic acids is 1. The largest absolute Gasteiger partial charge is 0.497 e. The van der Waals surface area contributed by atoms with Gasteiger partial charge in [-0.2, -0.15) is 0 Å². The summed E-state index contributed by atoms with van der Waals surface area (Å²) in [5.74, 6) is 0.244. The van der Waals surface area contributed by atoms with E-state index in [1.807, 2.05) is 0 Å². The zero-order valence-electron chi connectivity index (χ0n) is 14.5. The Hall–Kier alpha value is -1.97. The number of fused-ring (bicyclic) bond motifs is 1. The second kappa shape index (κ2) is 7.73. The number of hydrogen-bond donors (Lipinski definition) is 4. The molecular formula is C18H23NO7. The van der Waals surface area contributed by atoms with Crippen molar-refractivity contribution < 1.29 is 34.3 Å². The van der Waals surface area contributed by atoms with Crippen molar-refractivity contribution in [3.05, 3.63) is 35.4 Å². The van der Waals surface area contributed by atoms with Crippen LogP contribution in [0.15, 0.2) is 29.8 Å². The summed E-state index contributed by atoms with van der Waals surface area (Å²) in [5.41, 5.74) is 1.19. The van der Waals surface area contributed by atoms with Gasteiger partial charge in [-0.3, -0.25) is 4.79 Å². The number of aliphatic hydroxyl groups excluding tert-OH is 3. The summed E-state index contributed by atoms with van der Waals surface area (Å²) in [7, 11) is 1.57. The number of rotatable bonds is 4. The van der Waals surface area contributed by atoms with E-state index < -0.39 is 42.5 Å². The van der Waals surface area contributed by atoms with Crippen molar-refractivity contribution in [3.63, 3.8) is 0 Å². The molecule has 1 saturated carbocycles. The first-order chi connectivity index (χ1) is 12.4. The van der Waals surface area contributed by atoms with Crippen LogP contribution in [0.4, 0.5) is 0 Å². The van der Waals surface area contributed by atoms with Gasteiger partial charge in [0.2, 0.25) is 5.91 Å². The van der Waals surface area contributed by atoms with Gasteiger partial charge in [-0.25, -0.2) is 0 Å². The molecule has 1 aliphatic carbocycles. The molecule has 8 heteroatoms. The van der Waals surface area contributed by atoms with Crippen molar-refractivity contribution in [2.24, 2.45) is 0 Å². The van der Waals surface area contributed by atoms with Gasteiger partial charge in [0.15, 0.2) is 0 Å². The van der Waals surface area contributed by atoms with Crippen LogP contribution in [-0.2, 0) is 14.3 Å². The first-order valence-electron chi connectivity index (χ1n) is 8.33. The predicted octanol–water partition coefficient (Wildman–Crippen LogP) is -0.579. The summed E-state index contributed by atoms with van der Waals surface area (Å²) in [6, 6.07) is 6.09. The lowest BCUT2D eigenvalue weighted by Gasteiger charge is -2.41. The highest BCUT2D eigenvalue weighted by atomic mass is 16.7. The van der Waals surface area contributed by atoms with Crippen LogP contribution in [-0.4, -0.2) is 71.7 Å². The Kier molecular flexibility index (Phi) is 5.59. The van der Waals surface area contributed by atoms with E-state index >= 15 is 0 Å². The normalized spacial score (nSPS) is 34.3. The van der Waals surface area contributed by atoms with E-state index in [0.29, 0.717) is 11.3 Å². The minimum absolute atomic E-state index is 0.0762. The van der Waals surface area contributed by atoms with Crippen molar-refractivity contribution in [3.8, 4) is 5.75 Å². The van der Waals surface area contributed by atoms with Crippen LogP contribution in [0.3, 0.4) is 0 Å². The lowest BCUT2D eigenvalue weighted by molar-refractivity contribution is -0.155. The van der Waals surface area contributed by atoms with Gasteiger partial charge in [0.25, 0.3) is 0 Å². The topological polar surface area (TPSA) is 117 Å². The SMILES string of the molecule is COc1ccc(/C=C(\C)C(=O)N[C@@H]2[C@H](O)[C@@H](O)[C@H]3OCO[C@H]3[C@@H]2O)cc1. The van der Waals surface area contributed by atoms with E-state index in [2.05, 4.69) is 5.32 Å². The fourth-order valence-electron chi connectivity index (χ4n) is 3.24. The summed E-state index contributed by atoms with van der Waals surface area (Å²) in [5, 5.41) is 33.3. The highest BCUT2D eigenvalue weighted by Crippen LogP contribution is 2.30. The number of carbonyl (C=O) groups is 1. The number of aliphatic hydroxyl groups is 3. The molecule has 0 spiro atoms. The van der Waals surface area contributed by atoms with Gasteiger partial charge in [-0.05, 0) is 30.7 Å². The van der Waals surface area contributed by atoms with Crippen LogP contribution in [0.1, 0.15) is 12.5 Å². The van der Waals surface area contributed by atoms with Crippen molar-refractivity contribution in [1.82, 2.24) is 5.32 Å². The first-order valence-corrected chi connectivity index (χ1v) is 8.33. The number of amides is 1. The molecule has 6 atom stereocenters. The highest BCUT2D eigenvalue weighted by Gasteiger charge is 2.53. The molecule has 26 heavy (non-hydrogen) atoms. The van der Waals surface area contributed by atoms with Crippen LogP contribution in [0.25, 0.3) is 6.08 Å². The summed E-state index contributed by atoms with van der Waals surface area (Å²) in [6.45, 7) is 1.54. The van der Waals surface area contributed by atoms with E-state index in [4.69, 9.17) is 14.2 Å². The fraction of sp³-hybridized carbons (Fsp3) is 0.500. The molecule has 0 aromatic heterocycles. The van der Waals surface area contributed by atoms with Crippen LogP contribution in [0.2, 0.25) is 0 Å². The third-order valence-corrected chi connectivity index (χ3v) is 4.76. The summed E-state index contributed by atoms with van der Waals surface area (Å²) >= 11 is 0. The maximum atomic E-state index is 12.4. The van der Waals surface area contributed by atoms with Crippen LogP contribution < -0.4 is 10.1 Å². The summed E-state index contributed by atoms with van der Waals surface area (Å²) in [6.07, 6.45) is -3.77. The molecule has 3 rings (SSSR count). The van der Waals surface area contributed by atoms with Crippen molar-refractivity contribution in [1.29, 1.82) is 0 Å². The molecule has 4 N–H and O–H groups in total. The van der Waals surface area contributed by atoms with Gasteiger partial charge < -0.3 is 34.8 Å². The van der Waals surface area contributed by atoms with Crippen molar-refractivity contribution >= 4 is 12.0 Å². The fourth-order valence-corrected chi connectivity index (χ4v) is 3.24. The minimum atomic E-state index is -1.37. The Morgan fingerprint density at radius 2 is 1.73 bits per heavy atom. The molecule has 1 amide bonds. The van der Waals surface area contributed by atoms with Gasteiger partial charge >= 0.3 is 0 Å². The predicted molar refractivity (Wildman–Crippen MR) is 91.2 cm³/mol. The summed E-state index contributed by atoms with van der Waals surface area (Å²) < 4.78 is 15.5. The van der Waals surface area contributed by atoms with Crippen molar-refractivity contribution in [2.75, 3.05) is 13.9 Å². The first kappa shape index (κ1) is 18.8. The van der Waals surface area contributed by atoms with E-state index in [1.54, 1.807) is 44.4 Å². The zero-order valence-corrected chi connectivity index (χ0v) is 14.5. The van der Waals surface area contributed by atoms with Crippen LogP contribution in [0, 0.1) is 0 Å². The molecule has 8 nitrogen and oxygen atoms in total. The lowest BCUT2D eigenvalue weighted by atomic mass is 9.83.